The number of thioether (sulfide) groups is 1. The Morgan fingerprint density at radius 2 is 2.38 bits per heavy atom. The van der Waals surface area contributed by atoms with Crippen LogP contribution in [0.3, 0.4) is 0 Å². The van der Waals surface area contributed by atoms with E-state index >= 15 is 0 Å². The van der Waals surface area contributed by atoms with Crippen molar-refractivity contribution in [1.29, 1.82) is 0 Å². The molecular formula is C7H8N2O3S. The second kappa shape index (κ2) is 2.95. The van der Waals surface area contributed by atoms with E-state index in [0.29, 0.717) is 5.75 Å². The zero-order chi connectivity index (χ0) is 9.42. The van der Waals surface area contributed by atoms with E-state index in [-0.39, 0.29) is 12.1 Å². The third-order valence-electron chi connectivity index (χ3n) is 1.92. The first kappa shape index (κ1) is 8.43. The van der Waals surface area contributed by atoms with Crippen molar-refractivity contribution in [2.75, 3.05) is 0 Å². The largest absolute Gasteiger partial charge is 0.480 e. The summed E-state index contributed by atoms with van der Waals surface area (Å²) in [5.41, 5.74) is 1.41. The second-order valence-electron chi connectivity index (χ2n) is 2.85. The standard InChI is InChI=1S/C7H8N2O3S/c10-6(11)1-9-7(12)4-2-13-3-5(4)8-9/h8H,1-3H2,(H,10,11). The number of aromatic nitrogens is 2. The highest BCUT2D eigenvalue weighted by molar-refractivity contribution is 7.98. The van der Waals surface area contributed by atoms with Crippen LogP contribution >= 0.6 is 11.8 Å². The molecular weight excluding hydrogens is 192 g/mol. The van der Waals surface area contributed by atoms with E-state index in [2.05, 4.69) is 5.10 Å². The smallest absolute Gasteiger partial charge is 0.325 e. The number of carbonyl (C=O) groups is 1. The summed E-state index contributed by atoms with van der Waals surface area (Å²) in [4.78, 5) is 21.8. The molecule has 2 rings (SSSR count). The van der Waals surface area contributed by atoms with Crippen LogP contribution in [0.15, 0.2) is 4.79 Å². The molecule has 0 atom stereocenters. The van der Waals surface area contributed by atoms with E-state index in [4.69, 9.17) is 5.11 Å². The van der Waals surface area contributed by atoms with Gasteiger partial charge in [0.1, 0.15) is 6.54 Å². The number of aromatic amines is 1. The van der Waals surface area contributed by atoms with Crippen LogP contribution < -0.4 is 5.56 Å². The van der Waals surface area contributed by atoms with E-state index < -0.39 is 5.97 Å². The van der Waals surface area contributed by atoms with Gasteiger partial charge in [0.15, 0.2) is 0 Å². The molecule has 1 aromatic heterocycles. The molecule has 5 nitrogen and oxygen atoms in total. The number of aliphatic carboxylic acids is 1. The van der Waals surface area contributed by atoms with Crippen LogP contribution in [0.1, 0.15) is 11.3 Å². The molecule has 2 N–H and O–H groups in total. The molecule has 0 saturated carbocycles. The van der Waals surface area contributed by atoms with Crippen molar-refractivity contribution >= 4 is 17.7 Å². The number of rotatable bonds is 2. The Labute approximate surface area is 77.7 Å². The first-order valence-corrected chi connectivity index (χ1v) is 4.94. The Bertz CT molecular complexity index is 406. The maximum Gasteiger partial charge on any atom is 0.325 e. The molecule has 0 aromatic carbocycles. The Hall–Kier alpha value is -1.17. The highest BCUT2D eigenvalue weighted by atomic mass is 32.2. The monoisotopic (exact) mass is 200 g/mol. The fourth-order valence-corrected chi connectivity index (χ4v) is 2.39. The summed E-state index contributed by atoms with van der Waals surface area (Å²) in [5, 5.41) is 11.3. The minimum atomic E-state index is -1.00. The van der Waals surface area contributed by atoms with Crippen molar-refractivity contribution < 1.29 is 9.90 Å². The van der Waals surface area contributed by atoms with Crippen LogP contribution in [0.25, 0.3) is 0 Å². The van der Waals surface area contributed by atoms with Crippen molar-refractivity contribution in [2.24, 2.45) is 0 Å². The van der Waals surface area contributed by atoms with Gasteiger partial charge in [-0.3, -0.25) is 14.7 Å². The summed E-state index contributed by atoms with van der Waals surface area (Å²) in [6.07, 6.45) is 0. The maximum absolute atomic E-state index is 11.5. The molecule has 2 heterocycles. The first-order chi connectivity index (χ1) is 6.18. The summed E-state index contributed by atoms with van der Waals surface area (Å²) in [7, 11) is 0. The SMILES string of the molecule is O=C(O)Cn1[nH]c2c(c1=O)CSC2. The van der Waals surface area contributed by atoms with Gasteiger partial charge >= 0.3 is 5.97 Å². The Morgan fingerprint density at radius 1 is 1.62 bits per heavy atom. The molecule has 6 heteroatoms. The van der Waals surface area contributed by atoms with E-state index in [9.17, 15) is 9.59 Å². The first-order valence-electron chi connectivity index (χ1n) is 3.78. The molecule has 0 fully saturated rings. The molecule has 1 aromatic rings. The number of nitrogens with one attached hydrogen (secondary N) is 1. The number of H-pyrrole nitrogens is 1. The van der Waals surface area contributed by atoms with Crippen LogP contribution in [0.2, 0.25) is 0 Å². The highest BCUT2D eigenvalue weighted by Crippen LogP contribution is 2.25. The van der Waals surface area contributed by atoms with Crippen molar-refractivity contribution in [2.45, 2.75) is 18.1 Å². The van der Waals surface area contributed by atoms with Gasteiger partial charge in [0.2, 0.25) is 0 Å². The summed E-state index contributed by atoms with van der Waals surface area (Å²) in [5.74, 6) is 0.462. The molecule has 13 heavy (non-hydrogen) atoms. The van der Waals surface area contributed by atoms with Crippen molar-refractivity contribution in [1.82, 2.24) is 9.78 Å². The van der Waals surface area contributed by atoms with E-state index in [1.807, 2.05) is 0 Å². The van der Waals surface area contributed by atoms with Gasteiger partial charge in [-0.1, -0.05) is 0 Å². The minimum absolute atomic E-state index is 0.192. The molecule has 1 aliphatic heterocycles. The average molecular weight is 200 g/mol. The molecule has 0 saturated heterocycles. The quantitative estimate of drug-likeness (QED) is 0.705. The lowest BCUT2D eigenvalue weighted by molar-refractivity contribution is -0.137. The molecule has 0 amide bonds. The Kier molecular flexibility index (Phi) is 1.91. The lowest BCUT2D eigenvalue weighted by Crippen LogP contribution is -2.23. The van der Waals surface area contributed by atoms with Gasteiger partial charge in [0.25, 0.3) is 5.56 Å². The fourth-order valence-electron chi connectivity index (χ4n) is 1.34. The molecule has 0 unspecified atom stereocenters. The highest BCUT2D eigenvalue weighted by Gasteiger charge is 2.20. The summed E-state index contributed by atoms with van der Waals surface area (Å²) in [6.45, 7) is -0.281. The number of carboxylic acid groups (broad SMARTS) is 1. The number of fused-ring (bicyclic) bond motifs is 1. The van der Waals surface area contributed by atoms with Gasteiger partial charge < -0.3 is 5.11 Å². The van der Waals surface area contributed by atoms with Crippen LogP contribution in [0.4, 0.5) is 0 Å². The van der Waals surface area contributed by atoms with E-state index in [1.54, 1.807) is 11.8 Å². The number of nitrogens with zero attached hydrogens (tertiary/aromatic N) is 1. The number of hydrogen-bond acceptors (Lipinski definition) is 3. The lowest BCUT2D eigenvalue weighted by atomic mass is 10.3. The number of carboxylic acids is 1. The molecule has 70 valence electrons. The zero-order valence-electron chi connectivity index (χ0n) is 6.74. The summed E-state index contributed by atoms with van der Waals surface area (Å²) in [6, 6.07) is 0. The zero-order valence-corrected chi connectivity index (χ0v) is 7.56. The second-order valence-corrected chi connectivity index (χ2v) is 3.83. The van der Waals surface area contributed by atoms with Gasteiger partial charge in [-0.2, -0.15) is 11.8 Å². The molecule has 0 spiro atoms. The predicted molar refractivity (Wildman–Crippen MR) is 47.7 cm³/mol. The van der Waals surface area contributed by atoms with Gasteiger partial charge in [0.05, 0.1) is 11.3 Å². The van der Waals surface area contributed by atoms with Gasteiger partial charge in [-0.25, -0.2) is 4.68 Å². The molecule has 1 aliphatic rings. The van der Waals surface area contributed by atoms with Gasteiger partial charge in [-0.15, -0.1) is 0 Å². The van der Waals surface area contributed by atoms with Crippen molar-refractivity contribution in [3.8, 4) is 0 Å². The predicted octanol–water partition coefficient (Wildman–Crippen LogP) is 0.00780. The van der Waals surface area contributed by atoms with Gasteiger partial charge in [0, 0.05) is 11.5 Å². The molecule has 0 aliphatic carbocycles. The molecule has 0 radical (unpaired) electrons. The number of hydrogen-bond donors (Lipinski definition) is 2. The maximum atomic E-state index is 11.5. The van der Waals surface area contributed by atoms with Gasteiger partial charge in [-0.05, 0) is 0 Å². The Morgan fingerprint density at radius 3 is 3.00 bits per heavy atom. The topological polar surface area (TPSA) is 75.1 Å². The third kappa shape index (κ3) is 1.37. The third-order valence-corrected chi connectivity index (χ3v) is 2.91. The van der Waals surface area contributed by atoms with Crippen molar-refractivity contribution in [3.05, 3.63) is 21.6 Å². The Balaban J connectivity index is 2.39. The van der Waals surface area contributed by atoms with E-state index in [1.165, 1.54) is 0 Å². The minimum Gasteiger partial charge on any atom is -0.480 e. The summed E-state index contributed by atoms with van der Waals surface area (Å²) >= 11 is 1.66. The van der Waals surface area contributed by atoms with E-state index in [0.717, 1.165) is 21.7 Å². The fraction of sp³-hybridized carbons (Fsp3) is 0.429. The lowest BCUT2D eigenvalue weighted by Gasteiger charge is -1.96. The normalized spacial score (nSPS) is 14.5. The van der Waals surface area contributed by atoms with Crippen LogP contribution in [0, 0.1) is 0 Å². The molecule has 0 bridgehead atoms. The average Bonchev–Trinajstić information content (AvgIpc) is 2.56. The van der Waals surface area contributed by atoms with Crippen LogP contribution in [0.5, 0.6) is 0 Å². The van der Waals surface area contributed by atoms with Crippen molar-refractivity contribution in [3.63, 3.8) is 0 Å². The van der Waals surface area contributed by atoms with Crippen LogP contribution in [-0.4, -0.2) is 20.9 Å². The summed E-state index contributed by atoms with van der Waals surface area (Å²) < 4.78 is 1.15. The van der Waals surface area contributed by atoms with Crippen LogP contribution in [-0.2, 0) is 22.8 Å².